The lowest BCUT2D eigenvalue weighted by Gasteiger charge is -2.19. The van der Waals surface area contributed by atoms with Crippen molar-refractivity contribution in [2.75, 3.05) is 5.73 Å². The summed E-state index contributed by atoms with van der Waals surface area (Å²) in [5.74, 6) is 0.161. The van der Waals surface area contributed by atoms with E-state index in [9.17, 15) is 4.79 Å². The first-order chi connectivity index (χ1) is 12.2. The number of hydrogen-bond acceptors (Lipinski definition) is 5. The molecule has 0 radical (unpaired) electrons. The molecule has 0 saturated carbocycles. The monoisotopic (exact) mass is 392 g/mol. The van der Waals surface area contributed by atoms with E-state index >= 15 is 0 Å². The number of nitrogen functional groups attached to an aromatic ring is 1. The molecule has 0 saturated heterocycles. The molecule has 1 amide bonds. The van der Waals surface area contributed by atoms with Crippen LogP contribution in [0.3, 0.4) is 0 Å². The lowest BCUT2D eigenvalue weighted by molar-refractivity contribution is 0.0999. The van der Waals surface area contributed by atoms with Crippen LogP contribution in [-0.4, -0.2) is 22.2 Å². The summed E-state index contributed by atoms with van der Waals surface area (Å²) in [4.78, 5) is 12.9. The Balaban J connectivity index is 2.41. The Hall–Kier alpha value is -2.51. The molecule has 0 spiro atoms. The summed E-state index contributed by atoms with van der Waals surface area (Å²) in [6, 6.07) is 3.40. The van der Waals surface area contributed by atoms with Crippen molar-refractivity contribution >= 4 is 34.7 Å². The second-order valence-electron chi connectivity index (χ2n) is 5.64. The van der Waals surface area contributed by atoms with Crippen LogP contribution in [0, 0.1) is 0 Å². The third-order valence-electron chi connectivity index (χ3n) is 3.63. The van der Waals surface area contributed by atoms with Gasteiger partial charge >= 0.3 is 0 Å². The van der Waals surface area contributed by atoms with Gasteiger partial charge in [-0.05, 0) is 26.3 Å². The Labute approximate surface area is 161 Å². The van der Waals surface area contributed by atoms with Crippen molar-refractivity contribution in [1.29, 1.82) is 0 Å². The van der Waals surface area contributed by atoms with Crippen LogP contribution in [0.15, 0.2) is 47.0 Å². The summed E-state index contributed by atoms with van der Waals surface area (Å²) < 4.78 is 6.01. The molecule has 8 heteroatoms. The number of halogens is 1. The van der Waals surface area contributed by atoms with E-state index in [4.69, 9.17) is 27.8 Å². The van der Waals surface area contributed by atoms with Crippen LogP contribution in [0.2, 0.25) is 0 Å². The number of amides is 1. The summed E-state index contributed by atoms with van der Waals surface area (Å²) in [5.41, 5.74) is 13.5. The van der Waals surface area contributed by atoms with E-state index in [1.165, 1.54) is 11.3 Å². The van der Waals surface area contributed by atoms with E-state index in [1.807, 2.05) is 32.9 Å². The number of ether oxygens (including phenoxy) is 1. The van der Waals surface area contributed by atoms with E-state index in [1.54, 1.807) is 12.1 Å². The van der Waals surface area contributed by atoms with Crippen molar-refractivity contribution in [3.05, 3.63) is 51.9 Å². The fourth-order valence-corrected chi connectivity index (χ4v) is 3.79. The second kappa shape index (κ2) is 8.25. The molecule has 0 aliphatic carbocycles. The van der Waals surface area contributed by atoms with Crippen LogP contribution in [0.25, 0.3) is 10.6 Å². The molecule has 0 aliphatic rings. The summed E-state index contributed by atoms with van der Waals surface area (Å²) in [7, 11) is 0. The van der Waals surface area contributed by atoms with E-state index in [0.717, 1.165) is 16.0 Å². The molecule has 2 heterocycles. The first-order valence-electron chi connectivity index (χ1n) is 7.84. The number of carbonyl (C=O) groups excluding carboxylic acids is 1. The lowest BCUT2D eigenvalue weighted by Crippen LogP contribution is -2.18. The number of H-pyrrole nitrogens is 1. The molecule has 1 unspecified atom stereocenters. The number of nitrogens with zero attached hydrogens (tertiary/aromatic N) is 1. The average Bonchev–Trinajstić information content (AvgIpc) is 3.13. The van der Waals surface area contributed by atoms with Crippen molar-refractivity contribution in [3.63, 3.8) is 0 Å². The predicted octanol–water partition coefficient (Wildman–Crippen LogP) is 4.23. The van der Waals surface area contributed by atoms with Crippen LogP contribution in [0.4, 0.5) is 5.82 Å². The Morgan fingerprint density at radius 3 is 2.69 bits per heavy atom. The Bertz CT molecular complexity index is 895. The highest BCUT2D eigenvalue weighted by molar-refractivity contribution is 7.17. The maximum Gasteiger partial charge on any atom is 0.262 e. The fourth-order valence-electron chi connectivity index (χ4n) is 2.57. The minimum Gasteiger partial charge on any atom is -0.484 e. The van der Waals surface area contributed by atoms with E-state index < -0.39 is 12.0 Å². The van der Waals surface area contributed by atoms with Crippen LogP contribution >= 0.6 is 22.9 Å². The van der Waals surface area contributed by atoms with Crippen LogP contribution in [0.1, 0.15) is 30.4 Å². The van der Waals surface area contributed by atoms with Gasteiger partial charge in [-0.25, -0.2) is 0 Å². The minimum absolute atomic E-state index is 0.309. The SMILES string of the molecule is C=C(Cl)/C(=C(C)\C=C/C)C(C)Oc1cc(-c2cc(N)n[nH]2)sc1C(N)=O. The van der Waals surface area contributed by atoms with E-state index in [2.05, 4.69) is 16.8 Å². The van der Waals surface area contributed by atoms with Crippen molar-refractivity contribution in [3.8, 4) is 16.3 Å². The Morgan fingerprint density at radius 2 is 2.19 bits per heavy atom. The first-order valence-corrected chi connectivity index (χ1v) is 9.03. The molecule has 6 nitrogen and oxygen atoms in total. The van der Waals surface area contributed by atoms with Gasteiger partial charge < -0.3 is 16.2 Å². The van der Waals surface area contributed by atoms with Gasteiger partial charge in [0.2, 0.25) is 0 Å². The number of aromatic amines is 1. The van der Waals surface area contributed by atoms with Gasteiger partial charge in [-0.3, -0.25) is 9.89 Å². The number of anilines is 1. The first kappa shape index (κ1) is 19.8. The molecule has 0 aromatic carbocycles. The van der Waals surface area contributed by atoms with Crippen molar-refractivity contribution in [2.45, 2.75) is 26.9 Å². The zero-order valence-electron chi connectivity index (χ0n) is 14.8. The van der Waals surface area contributed by atoms with Crippen LogP contribution in [0.5, 0.6) is 5.75 Å². The third kappa shape index (κ3) is 4.36. The molecule has 138 valence electrons. The van der Waals surface area contributed by atoms with Crippen molar-refractivity contribution in [1.82, 2.24) is 10.2 Å². The molecule has 2 aromatic rings. The molecular formula is C18H21ClN4O2S. The molecular weight excluding hydrogens is 372 g/mol. The zero-order valence-corrected chi connectivity index (χ0v) is 16.4. The van der Waals surface area contributed by atoms with Crippen molar-refractivity contribution in [2.24, 2.45) is 5.73 Å². The summed E-state index contributed by atoms with van der Waals surface area (Å²) in [5, 5.41) is 7.08. The second-order valence-corrected chi connectivity index (χ2v) is 7.14. The molecule has 0 fully saturated rings. The van der Waals surface area contributed by atoms with Gasteiger partial charge in [0.25, 0.3) is 5.91 Å². The van der Waals surface area contributed by atoms with Gasteiger partial charge in [0.05, 0.1) is 10.6 Å². The minimum atomic E-state index is -0.573. The van der Waals surface area contributed by atoms with Gasteiger partial charge in [0.1, 0.15) is 22.5 Å². The molecule has 1 atom stereocenters. The van der Waals surface area contributed by atoms with Crippen LogP contribution in [-0.2, 0) is 0 Å². The summed E-state index contributed by atoms with van der Waals surface area (Å²) in [6.45, 7) is 9.49. The van der Waals surface area contributed by atoms with Gasteiger partial charge in [-0.1, -0.05) is 30.3 Å². The van der Waals surface area contributed by atoms with Gasteiger partial charge in [-0.15, -0.1) is 11.3 Å². The smallest absolute Gasteiger partial charge is 0.262 e. The number of primary amides is 1. The normalized spacial score (nSPS) is 13.5. The Morgan fingerprint density at radius 1 is 1.50 bits per heavy atom. The molecule has 2 aromatic heterocycles. The van der Waals surface area contributed by atoms with Crippen molar-refractivity contribution < 1.29 is 9.53 Å². The number of thiophene rings is 1. The Kier molecular flexibility index (Phi) is 6.28. The summed E-state index contributed by atoms with van der Waals surface area (Å²) >= 11 is 7.36. The largest absolute Gasteiger partial charge is 0.484 e. The van der Waals surface area contributed by atoms with E-state index in [0.29, 0.717) is 27.2 Å². The number of nitrogens with two attached hydrogens (primary N) is 2. The molecule has 0 bridgehead atoms. The maximum atomic E-state index is 11.8. The molecule has 0 aliphatic heterocycles. The zero-order chi connectivity index (χ0) is 19.4. The number of carbonyl (C=O) groups is 1. The van der Waals surface area contributed by atoms with Crippen LogP contribution < -0.4 is 16.2 Å². The number of hydrogen-bond donors (Lipinski definition) is 3. The number of rotatable bonds is 7. The lowest BCUT2D eigenvalue weighted by atomic mass is 10.0. The average molecular weight is 393 g/mol. The highest BCUT2D eigenvalue weighted by Gasteiger charge is 2.22. The standard InChI is InChI=1S/C18H21ClN4O2S/c1-5-6-9(2)16(10(3)19)11(4)25-13-8-14(26-17(13)18(21)24)12-7-15(20)23-22-12/h5-8,11H,3H2,1-2,4H3,(H2,21,24)(H3,20,22,23)/b6-5-,16-9+. The number of allylic oxidation sites excluding steroid dienone is 3. The summed E-state index contributed by atoms with van der Waals surface area (Å²) in [6.07, 6.45) is 3.40. The number of aromatic nitrogens is 2. The highest BCUT2D eigenvalue weighted by Crippen LogP contribution is 2.37. The van der Waals surface area contributed by atoms with Gasteiger partial charge in [-0.2, -0.15) is 5.10 Å². The highest BCUT2D eigenvalue weighted by atomic mass is 35.5. The van der Waals surface area contributed by atoms with E-state index in [-0.39, 0.29) is 0 Å². The fraction of sp³-hybridized carbons (Fsp3) is 0.222. The predicted molar refractivity (Wildman–Crippen MR) is 107 cm³/mol. The maximum absolute atomic E-state index is 11.8. The third-order valence-corrected chi connectivity index (χ3v) is 5.00. The molecule has 5 N–H and O–H groups in total. The topological polar surface area (TPSA) is 107 Å². The number of nitrogens with one attached hydrogen (secondary N) is 1. The quantitative estimate of drug-likeness (QED) is 0.612. The molecule has 26 heavy (non-hydrogen) atoms. The van der Waals surface area contributed by atoms with Gasteiger partial charge in [0, 0.05) is 22.7 Å². The van der Waals surface area contributed by atoms with Gasteiger partial charge in [0.15, 0.2) is 0 Å². The molecule has 2 rings (SSSR count).